The summed E-state index contributed by atoms with van der Waals surface area (Å²) in [6, 6.07) is 8.27. The van der Waals surface area contributed by atoms with Gasteiger partial charge in [-0.25, -0.2) is 0 Å². The molecule has 1 aromatic carbocycles. The maximum atomic E-state index is 3.43. The minimum atomic E-state index is 0.630. The van der Waals surface area contributed by atoms with Crippen molar-refractivity contribution in [1.82, 2.24) is 10.2 Å². The third kappa shape index (κ3) is 2.64. The van der Waals surface area contributed by atoms with Crippen molar-refractivity contribution in [2.75, 3.05) is 20.1 Å². The lowest BCUT2D eigenvalue weighted by Gasteiger charge is -2.43. The number of rotatable bonds is 4. The molecule has 2 nitrogen and oxygen atoms in total. The lowest BCUT2D eigenvalue weighted by Crippen LogP contribution is -2.43. The van der Waals surface area contributed by atoms with Crippen LogP contribution in [-0.2, 0) is 0 Å². The molecule has 3 rings (SSSR count). The highest BCUT2D eigenvalue weighted by molar-refractivity contribution is 5.37. The molecule has 20 heavy (non-hydrogen) atoms. The summed E-state index contributed by atoms with van der Waals surface area (Å²) in [6.07, 6.45) is 5.55. The fourth-order valence-electron chi connectivity index (χ4n) is 4.09. The molecule has 2 heteroatoms. The maximum Gasteiger partial charge on any atom is 0.0396 e. The van der Waals surface area contributed by atoms with Crippen molar-refractivity contribution in [1.29, 1.82) is 0 Å². The summed E-state index contributed by atoms with van der Waals surface area (Å²) in [6.45, 7) is 7.02. The minimum Gasteiger partial charge on any atom is -0.319 e. The third-order valence-electron chi connectivity index (χ3n) is 5.12. The molecule has 1 heterocycles. The van der Waals surface area contributed by atoms with Crippen LogP contribution in [-0.4, -0.2) is 31.1 Å². The highest BCUT2D eigenvalue weighted by Crippen LogP contribution is 2.44. The summed E-state index contributed by atoms with van der Waals surface area (Å²) in [5.41, 5.74) is 4.56. The Hall–Kier alpha value is -0.860. The molecule has 1 aromatic rings. The predicted octanol–water partition coefficient (Wildman–Crippen LogP) is 3.44. The quantitative estimate of drug-likeness (QED) is 0.903. The second kappa shape index (κ2) is 5.87. The van der Waals surface area contributed by atoms with Gasteiger partial charge in [0, 0.05) is 12.1 Å². The van der Waals surface area contributed by atoms with E-state index in [4.69, 9.17) is 0 Å². The predicted molar refractivity (Wildman–Crippen MR) is 85.0 cm³/mol. The zero-order valence-corrected chi connectivity index (χ0v) is 13.2. The van der Waals surface area contributed by atoms with Gasteiger partial charge in [-0.3, -0.25) is 4.90 Å². The highest BCUT2D eigenvalue weighted by Gasteiger charge is 2.41. The second-order valence-corrected chi connectivity index (χ2v) is 6.68. The molecule has 110 valence electrons. The van der Waals surface area contributed by atoms with E-state index in [0.29, 0.717) is 6.04 Å². The van der Waals surface area contributed by atoms with Gasteiger partial charge in [-0.05, 0) is 82.3 Å². The molecule has 1 aliphatic carbocycles. The van der Waals surface area contributed by atoms with Crippen molar-refractivity contribution in [2.24, 2.45) is 5.92 Å². The zero-order valence-electron chi connectivity index (χ0n) is 13.2. The molecular weight excluding hydrogens is 244 g/mol. The Balaban J connectivity index is 1.98. The first-order valence-electron chi connectivity index (χ1n) is 8.19. The Kier molecular flexibility index (Phi) is 4.13. The Labute approximate surface area is 123 Å². The van der Waals surface area contributed by atoms with Crippen LogP contribution in [0.4, 0.5) is 0 Å². The molecule has 1 saturated carbocycles. The Bertz CT molecular complexity index is 442. The number of nitrogens with zero attached hydrogens (tertiary/aromatic N) is 1. The summed E-state index contributed by atoms with van der Waals surface area (Å²) in [4.78, 5) is 2.82. The van der Waals surface area contributed by atoms with E-state index in [2.05, 4.69) is 49.3 Å². The number of hydrogen-bond donors (Lipinski definition) is 1. The highest BCUT2D eigenvalue weighted by atomic mass is 15.2. The van der Waals surface area contributed by atoms with Crippen molar-refractivity contribution in [3.63, 3.8) is 0 Å². The summed E-state index contributed by atoms with van der Waals surface area (Å²) in [5.74, 6) is 0.758. The van der Waals surface area contributed by atoms with Gasteiger partial charge in [0.2, 0.25) is 0 Å². The number of benzene rings is 1. The smallest absolute Gasteiger partial charge is 0.0396 e. The van der Waals surface area contributed by atoms with E-state index in [0.717, 1.165) is 18.5 Å². The normalized spacial score (nSPS) is 27.8. The van der Waals surface area contributed by atoms with Crippen molar-refractivity contribution >= 4 is 0 Å². The van der Waals surface area contributed by atoms with Gasteiger partial charge < -0.3 is 5.32 Å². The number of likely N-dealkylation sites (tertiary alicyclic amines) is 1. The average molecular weight is 272 g/mol. The molecule has 1 aliphatic heterocycles. The van der Waals surface area contributed by atoms with Crippen LogP contribution in [0.25, 0.3) is 0 Å². The average Bonchev–Trinajstić information content (AvgIpc) is 3.24. The van der Waals surface area contributed by atoms with Crippen LogP contribution in [0, 0.1) is 19.8 Å². The molecule has 2 fully saturated rings. The number of piperidine rings is 1. The summed E-state index contributed by atoms with van der Waals surface area (Å²) < 4.78 is 0. The Morgan fingerprint density at radius 1 is 1.15 bits per heavy atom. The van der Waals surface area contributed by atoms with Gasteiger partial charge in [-0.1, -0.05) is 18.2 Å². The molecule has 0 aromatic heterocycles. The van der Waals surface area contributed by atoms with Gasteiger partial charge in [0.05, 0.1) is 0 Å². The van der Waals surface area contributed by atoms with Crippen molar-refractivity contribution in [3.8, 4) is 0 Å². The fraction of sp³-hybridized carbons (Fsp3) is 0.667. The van der Waals surface area contributed by atoms with E-state index in [1.807, 2.05) is 0 Å². The first-order chi connectivity index (χ1) is 9.72. The largest absolute Gasteiger partial charge is 0.319 e. The van der Waals surface area contributed by atoms with Crippen molar-refractivity contribution in [3.05, 3.63) is 34.9 Å². The zero-order chi connectivity index (χ0) is 14.1. The Morgan fingerprint density at radius 3 is 2.45 bits per heavy atom. The topological polar surface area (TPSA) is 15.3 Å². The summed E-state index contributed by atoms with van der Waals surface area (Å²) in [7, 11) is 2.10. The van der Waals surface area contributed by atoms with Gasteiger partial charge in [0.15, 0.2) is 0 Å². The monoisotopic (exact) mass is 272 g/mol. The molecule has 1 saturated heterocycles. The van der Waals surface area contributed by atoms with E-state index >= 15 is 0 Å². The molecule has 0 spiro atoms. The van der Waals surface area contributed by atoms with E-state index in [1.54, 1.807) is 5.56 Å². The van der Waals surface area contributed by atoms with E-state index in [1.165, 1.54) is 43.4 Å². The van der Waals surface area contributed by atoms with Crippen LogP contribution in [0.5, 0.6) is 0 Å². The minimum absolute atomic E-state index is 0.630. The lowest BCUT2D eigenvalue weighted by atomic mass is 9.81. The van der Waals surface area contributed by atoms with E-state index in [-0.39, 0.29) is 0 Å². The number of nitrogens with one attached hydrogen (secondary N) is 1. The molecule has 2 aliphatic rings. The molecular formula is C18H28N2. The summed E-state index contributed by atoms with van der Waals surface area (Å²) in [5, 5.41) is 3.43. The number of hydrogen-bond acceptors (Lipinski definition) is 2. The van der Waals surface area contributed by atoms with Crippen molar-refractivity contribution < 1.29 is 0 Å². The lowest BCUT2D eigenvalue weighted by molar-refractivity contribution is 0.0836. The van der Waals surface area contributed by atoms with Crippen LogP contribution in [0.3, 0.4) is 0 Å². The van der Waals surface area contributed by atoms with Gasteiger partial charge in [-0.2, -0.15) is 0 Å². The van der Waals surface area contributed by atoms with Crippen LogP contribution in [0.1, 0.15) is 48.4 Å². The first-order valence-corrected chi connectivity index (χ1v) is 8.19. The van der Waals surface area contributed by atoms with E-state index < -0.39 is 0 Å². The van der Waals surface area contributed by atoms with Crippen LogP contribution < -0.4 is 5.32 Å². The van der Waals surface area contributed by atoms with Gasteiger partial charge >= 0.3 is 0 Å². The first kappa shape index (κ1) is 14.1. The van der Waals surface area contributed by atoms with E-state index in [9.17, 15) is 0 Å². The van der Waals surface area contributed by atoms with Crippen LogP contribution in [0.15, 0.2) is 18.2 Å². The molecule has 2 unspecified atom stereocenters. The Morgan fingerprint density at radius 2 is 1.85 bits per heavy atom. The van der Waals surface area contributed by atoms with Gasteiger partial charge in [-0.15, -0.1) is 0 Å². The summed E-state index contributed by atoms with van der Waals surface area (Å²) >= 11 is 0. The number of aryl methyl sites for hydroxylation is 2. The molecule has 2 atom stereocenters. The second-order valence-electron chi connectivity index (χ2n) is 6.68. The third-order valence-corrected chi connectivity index (χ3v) is 5.12. The van der Waals surface area contributed by atoms with Crippen molar-refractivity contribution in [2.45, 2.75) is 51.6 Å². The molecule has 0 radical (unpaired) electrons. The van der Waals surface area contributed by atoms with Crippen LogP contribution >= 0.6 is 0 Å². The molecule has 0 bridgehead atoms. The molecule has 0 amide bonds. The van der Waals surface area contributed by atoms with Gasteiger partial charge in [0.1, 0.15) is 0 Å². The molecule has 1 N–H and O–H groups in total. The SMILES string of the molecule is CNCC1CCCN(C2CC2)C1c1c(C)cccc1C. The van der Waals surface area contributed by atoms with Gasteiger partial charge in [0.25, 0.3) is 0 Å². The standard InChI is InChI=1S/C18H28N2/c1-13-6-4-7-14(2)17(13)18-15(12-19-3)8-5-11-20(18)16-9-10-16/h4,6-7,15-16,18-19H,5,8-12H2,1-3H3. The van der Waals surface area contributed by atoms with Crippen LogP contribution in [0.2, 0.25) is 0 Å². The maximum absolute atomic E-state index is 3.43. The fourth-order valence-corrected chi connectivity index (χ4v) is 4.09.